The Morgan fingerprint density at radius 2 is 1.92 bits per heavy atom. The molecule has 0 aliphatic carbocycles. The molecule has 2 saturated heterocycles. The van der Waals surface area contributed by atoms with Crippen molar-refractivity contribution in [3.8, 4) is 5.75 Å². The minimum absolute atomic E-state index is 0.0444. The highest BCUT2D eigenvalue weighted by molar-refractivity contribution is 5.97. The average molecular weight is 523 g/mol. The number of aromatic nitrogens is 1. The van der Waals surface area contributed by atoms with Crippen LogP contribution in [0.3, 0.4) is 0 Å². The zero-order valence-electron chi connectivity index (χ0n) is 20.1. The van der Waals surface area contributed by atoms with Gasteiger partial charge in [-0.2, -0.15) is 4.39 Å². The summed E-state index contributed by atoms with van der Waals surface area (Å²) in [5.41, 5.74) is 3.29. The Balaban J connectivity index is 1.17. The largest absolute Gasteiger partial charge is 0.475 e. The summed E-state index contributed by atoms with van der Waals surface area (Å²) < 4.78 is 60.7. The van der Waals surface area contributed by atoms with Gasteiger partial charge in [-0.3, -0.25) is 19.9 Å². The Morgan fingerprint density at radius 3 is 2.57 bits per heavy atom. The number of ether oxygens (including phenoxy) is 1. The number of carbonyl (C=O) groups excluding carboxylic acids is 2. The first kappa shape index (κ1) is 25.2. The number of carbonyl (C=O) groups is 2. The first-order chi connectivity index (χ1) is 17.6. The maximum absolute atomic E-state index is 14.7. The Labute approximate surface area is 210 Å². The molecule has 0 spiro atoms. The van der Waals surface area contributed by atoms with Crippen molar-refractivity contribution < 1.29 is 31.9 Å². The maximum Gasteiger partial charge on any atom is 0.284 e. The molecule has 13 heteroatoms. The second-order valence-electron chi connectivity index (χ2n) is 9.38. The number of piperazine rings is 1. The first-order valence-corrected chi connectivity index (χ1v) is 12.0. The summed E-state index contributed by atoms with van der Waals surface area (Å²) in [7, 11) is 0. The van der Waals surface area contributed by atoms with E-state index in [1.54, 1.807) is 17.9 Å². The lowest BCUT2D eigenvalue weighted by molar-refractivity contribution is -0.144. The number of halogens is 4. The SMILES string of the molecule is CCC1Oc2c(F)cc(CN3CCN(c4ccc(C(=O)NN5CC(F)(F)C5)nc4F)CC3)cc2NC1=O. The molecule has 2 amide bonds. The number of nitrogens with one attached hydrogen (secondary N) is 2. The molecule has 1 unspecified atom stereocenters. The third kappa shape index (κ3) is 5.32. The second kappa shape index (κ2) is 9.78. The molecule has 0 bridgehead atoms. The van der Waals surface area contributed by atoms with Gasteiger partial charge in [-0.25, -0.2) is 23.2 Å². The van der Waals surface area contributed by atoms with Crippen LogP contribution >= 0.6 is 0 Å². The van der Waals surface area contributed by atoms with Crippen molar-refractivity contribution in [1.82, 2.24) is 20.3 Å². The monoisotopic (exact) mass is 522 g/mol. The average Bonchev–Trinajstić information content (AvgIpc) is 2.83. The fraction of sp³-hybridized carbons (Fsp3) is 0.458. The van der Waals surface area contributed by atoms with E-state index in [9.17, 15) is 27.2 Å². The molecule has 3 aliphatic heterocycles. The first-order valence-electron chi connectivity index (χ1n) is 12.0. The van der Waals surface area contributed by atoms with Crippen LogP contribution < -0.4 is 20.4 Å². The molecule has 0 saturated carbocycles. The number of nitrogens with zero attached hydrogens (tertiary/aromatic N) is 4. The maximum atomic E-state index is 14.7. The fourth-order valence-corrected chi connectivity index (χ4v) is 4.62. The predicted octanol–water partition coefficient (Wildman–Crippen LogP) is 2.39. The molecule has 9 nitrogen and oxygen atoms in total. The van der Waals surface area contributed by atoms with Gasteiger partial charge in [0.15, 0.2) is 17.7 Å². The number of alkyl halides is 2. The zero-order valence-corrected chi connectivity index (χ0v) is 20.1. The fourth-order valence-electron chi connectivity index (χ4n) is 4.62. The Bertz CT molecular complexity index is 1210. The number of hydrogen-bond acceptors (Lipinski definition) is 7. The van der Waals surface area contributed by atoms with Gasteiger partial charge in [0.1, 0.15) is 5.69 Å². The molecule has 198 valence electrons. The lowest BCUT2D eigenvalue weighted by Crippen LogP contribution is -2.62. The van der Waals surface area contributed by atoms with Crippen LogP contribution in [0.1, 0.15) is 29.4 Å². The molecular weight excluding hydrogens is 496 g/mol. The van der Waals surface area contributed by atoms with Gasteiger partial charge in [-0.05, 0) is 36.2 Å². The van der Waals surface area contributed by atoms with Crippen molar-refractivity contribution >= 4 is 23.2 Å². The summed E-state index contributed by atoms with van der Waals surface area (Å²) in [4.78, 5) is 31.8. The quantitative estimate of drug-likeness (QED) is 0.445. The van der Waals surface area contributed by atoms with Gasteiger partial charge in [0, 0.05) is 32.7 Å². The molecule has 2 N–H and O–H groups in total. The Morgan fingerprint density at radius 1 is 1.19 bits per heavy atom. The summed E-state index contributed by atoms with van der Waals surface area (Å²) in [6.07, 6.45) is -0.282. The van der Waals surface area contributed by atoms with Gasteiger partial charge < -0.3 is 15.0 Å². The number of benzene rings is 1. The van der Waals surface area contributed by atoms with Crippen LogP contribution in [-0.4, -0.2) is 78.0 Å². The number of rotatable bonds is 6. The molecule has 5 rings (SSSR count). The van der Waals surface area contributed by atoms with E-state index in [2.05, 4.69) is 20.6 Å². The van der Waals surface area contributed by atoms with E-state index in [0.29, 0.717) is 50.4 Å². The zero-order chi connectivity index (χ0) is 26.3. The van der Waals surface area contributed by atoms with Gasteiger partial charge in [0.05, 0.1) is 24.5 Å². The third-order valence-electron chi connectivity index (χ3n) is 6.57. The van der Waals surface area contributed by atoms with E-state index in [1.807, 2.05) is 0 Å². The third-order valence-corrected chi connectivity index (χ3v) is 6.57. The number of amides is 2. The number of anilines is 2. The molecule has 1 aromatic heterocycles. The van der Waals surface area contributed by atoms with Gasteiger partial charge in [-0.15, -0.1) is 0 Å². The standard InChI is InChI=1S/C24H26F4N6O3/c1-2-19-23(36)30-17-10-14(9-15(25)20(17)37-19)11-32-5-7-33(8-6-32)18-4-3-16(29-21(18)26)22(35)31-34-12-24(27,28)13-34/h3-4,9-10,19H,2,5-8,11-13H2,1H3,(H,30,36)(H,31,35). The lowest BCUT2D eigenvalue weighted by atomic mass is 10.1. The van der Waals surface area contributed by atoms with Crippen molar-refractivity contribution in [3.05, 3.63) is 47.3 Å². The highest BCUT2D eigenvalue weighted by atomic mass is 19.3. The normalized spacial score (nSPS) is 21.5. The van der Waals surface area contributed by atoms with Gasteiger partial charge >= 0.3 is 0 Å². The lowest BCUT2D eigenvalue weighted by Gasteiger charge is -2.38. The van der Waals surface area contributed by atoms with Crippen molar-refractivity contribution in [2.24, 2.45) is 0 Å². The number of pyridine rings is 1. The van der Waals surface area contributed by atoms with E-state index < -0.39 is 42.8 Å². The molecule has 1 aromatic carbocycles. The topological polar surface area (TPSA) is 90.0 Å². The molecule has 4 heterocycles. The van der Waals surface area contributed by atoms with E-state index in [-0.39, 0.29) is 23.0 Å². The Kier molecular flexibility index (Phi) is 6.67. The highest BCUT2D eigenvalue weighted by Crippen LogP contribution is 2.35. The van der Waals surface area contributed by atoms with E-state index in [4.69, 9.17) is 4.74 Å². The molecule has 2 aromatic rings. The summed E-state index contributed by atoms with van der Waals surface area (Å²) in [5, 5.41) is 3.75. The van der Waals surface area contributed by atoms with Crippen molar-refractivity contribution in [2.45, 2.75) is 31.9 Å². The summed E-state index contributed by atoms with van der Waals surface area (Å²) in [5.74, 6) is -5.22. The molecular formula is C24H26F4N6O3. The van der Waals surface area contributed by atoms with Crippen molar-refractivity contribution in [1.29, 1.82) is 0 Å². The van der Waals surface area contributed by atoms with Crippen molar-refractivity contribution in [2.75, 3.05) is 49.5 Å². The van der Waals surface area contributed by atoms with Crippen LogP contribution in [0.4, 0.5) is 28.9 Å². The van der Waals surface area contributed by atoms with Crippen LogP contribution in [0.2, 0.25) is 0 Å². The van der Waals surface area contributed by atoms with E-state index in [1.165, 1.54) is 18.2 Å². The van der Waals surface area contributed by atoms with Gasteiger partial charge in [0.2, 0.25) is 5.95 Å². The minimum Gasteiger partial charge on any atom is -0.475 e. The molecule has 3 aliphatic rings. The van der Waals surface area contributed by atoms with Gasteiger partial charge in [-0.1, -0.05) is 6.92 Å². The summed E-state index contributed by atoms with van der Waals surface area (Å²) in [6.45, 7) is 3.09. The van der Waals surface area contributed by atoms with Gasteiger partial charge in [0.25, 0.3) is 17.7 Å². The smallest absolute Gasteiger partial charge is 0.284 e. The molecule has 2 fully saturated rings. The van der Waals surface area contributed by atoms with Crippen molar-refractivity contribution in [3.63, 3.8) is 0 Å². The number of hydrogen-bond donors (Lipinski definition) is 2. The number of fused-ring (bicyclic) bond motifs is 1. The van der Waals surface area contributed by atoms with E-state index in [0.717, 1.165) is 5.01 Å². The van der Waals surface area contributed by atoms with Crippen LogP contribution in [0, 0.1) is 11.8 Å². The summed E-state index contributed by atoms with van der Waals surface area (Å²) >= 11 is 0. The summed E-state index contributed by atoms with van der Waals surface area (Å²) in [6, 6.07) is 5.89. The molecule has 37 heavy (non-hydrogen) atoms. The van der Waals surface area contributed by atoms with Crippen LogP contribution in [0.5, 0.6) is 5.75 Å². The van der Waals surface area contributed by atoms with Crippen LogP contribution in [-0.2, 0) is 11.3 Å². The minimum atomic E-state index is -2.84. The molecule has 0 radical (unpaired) electrons. The Hall–Kier alpha value is -3.45. The second-order valence-corrected chi connectivity index (χ2v) is 9.38. The number of hydrazine groups is 1. The molecule has 1 atom stereocenters. The van der Waals surface area contributed by atoms with Crippen LogP contribution in [0.15, 0.2) is 24.3 Å². The van der Waals surface area contributed by atoms with Crippen LogP contribution in [0.25, 0.3) is 0 Å². The predicted molar refractivity (Wildman–Crippen MR) is 125 cm³/mol. The highest BCUT2D eigenvalue weighted by Gasteiger charge is 2.44. The van der Waals surface area contributed by atoms with E-state index >= 15 is 0 Å².